The summed E-state index contributed by atoms with van der Waals surface area (Å²) < 4.78 is 11.5. The molecule has 1 spiro atoms. The predicted molar refractivity (Wildman–Crippen MR) is 91.6 cm³/mol. The molecule has 4 rings (SSSR count). The third kappa shape index (κ3) is 2.82. The number of likely N-dealkylation sites (tertiary alicyclic amines) is 1. The molecule has 5 heteroatoms. The highest BCUT2D eigenvalue weighted by Crippen LogP contribution is 2.32. The highest BCUT2D eigenvalue weighted by molar-refractivity contribution is 5.84. The number of amides is 1. The second-order valence-electron chi connectivity index (χ2n) is 6.90. The van der Waals surface area contributed by atoms with Gasteiger partial charge in [-0.15, -0.1) is 0 Å². The molecular weight excluding hydrogens is 304 g/mol. The number of para-hydroxylation sites is 1. The van der Waals surface area contributed by atoms with Crippen molar-refractivity contribution >= 4 is 16.8 Å². The van der Waals surface area contributed by atoms with Gasteiger partial charge in [0.05, 0.1) is 13.2 Å². The molecular formula is C19H24N2O3. The summed E-state index contributed by atoms with van der Waals surface area (Å²) in [5, 5.41) is 1.21. The van der Waals surface area contributed by atoms with Crippen molar-refractivity contribution in [1.82, 2.24) is 9.88 Å². The fourth-order valence-electron chi connectivity index (χ4n) is 3.88. The summed E-state index contributed by atoms with van der Waals surface area (Å²) in [5.74, 6) is -0.214. The second kappa shape index (κ2) is 6.22. The highest BCUT2D eigenvalue weighted by Gasteiger charge is 2.41. The Morgan fingerprint density at radius 1 is 1.25 bits per heavy atom. The summed E-state index contributed by atoms with van der Waals surface area (Å²) in [6.07, 6.45) is 4.34. The number of piperidine rings is 1. The first-order valence-corrected chi connectivity index (χ1v) is 8.79. The Balaban J connectivity index is 1.39. The number of nitrogens with zero attached hydrogens (tertiary/aromatic N) is 1. The van der Waals surface area contributed by atoms with Crippen LogP contribution in [0, 0.1) is 5.92 Å². The highest BCUT2D eigenvalue weighted by atomic mass is 16.7. The van der Waals surface area contributed by atoms with Gasteiger partial charge < -0.3 is 19.4 Å². The third-order valence-corrected chi connectivity index (χ3v) is 5.27. The molecule has 1 aromatic heterocycles. The van der Waals surface area contributed by atoms with Crippen LogP contribution >= 0.6 is 0 Å². The summed E-state index contributed by atoms with van der Waals surface area (Å²) in [6, 6.07) is 8.24. The first-order chi connectivity index (χ1) is 11.7. The zero-order valence-electron chi connectivity index (χ0n) is 14.1. The van der Waals surface area contributed by atoms with Gasteiger partial charge in [-0.25, -0.2) is 0 Å². The van der Waals surface area contributed by atoms with E-state index in [0.717, 1.165) is 37.9 Å². The summed E-state index contributed by atoms with van der Waals surface area (Å²) in [5.41, 5.74) is 2.34. The number of carbonyl (C=O) groups is 1. The number of fused-ring (bicyclic) bond motifs is 1. The van der Waals surface area contributed by atoms with Gasteiger partial charge in [0.15, 0.2) is 5.79 Å². The number of aromatic amines is 1. The number of hydrogen-bond acceptors (Lipinski definition) is 3. The monoisotopic (exact) mass is 328 g/mol. The lowest BCUT2D eigenvalue weighted by Gasteiger charge is -2.38. The lowest BCUT2D eigenvalue weighted by atomic mass is 9.97. The van der Waals surface area contributed by atoms with E-state index in [-0.39, 0.29) is 11.8 Å². The maximum absolute atomic E-state index is 12.8. The van der Waals surface area contributed by atoms with Crippen LogP contribution in [0.3, 0.4) is 0 Å². The molecule has 5 nitrogen and oxygen atoms in total. The molecule has 1 N–H and O–H groups in total. The van der Waals surface area contributed by atoms with Gasteiger partial charge in [0.2, 0.25) is 5.91 Å². The minimum Gasteiger partial charge on any atom is -0.361 e. The van der Waals surface area contributed by atoms with Crippen LogP contribution in [0.4, 0.5) is 0 Å². The topological polar surface area (TPSA) is 54.6 Å². The molecule has 2 saturated heterocycles. The van der Waals surface area contributed by atoms with Crippen LogP contribution < -0.4 is 0 Å². The second-order valence-corrected chi connectivity index (χ2v) is 6.90. The minimum absolute atomic E-state index is 0.0244. The van der Waals surface area contributed by atoms with Gasteiger partial charge in [0.1, 0.15) is 0 Å². The van der Waals surface area contributed by atoms with E-state index in [2.05, 4.69) is 17.1 Å². The van der Waals surface area contributed by atoms with E-state index in [9.17, 15) is 4.79 Å². The Morgan fingerprint density at radius 3 is 2.71 bits per heavy atom. The molecule has 24 heavy (non-hydrogen) atoms. The van der Waals surface area contributed by atoms with Crippen molar-refractivity contribution in [1.29, 1.82) is 0 Å². The van der Waals surface area contributed by atoms with E-state index in [4.69, 9.17) is 9.47 Å². The molecule has 3 heterocycles. The van der Waals surface area contributed by atoms with Crippen LogP contribution in [-0.2, 0) is 20.7 Å². The molecule has 0 aliphatic carbocycles. The molecule has 0 bridgehead atoms. The average Bonchev–Trinajstić information content (AvgIpc) is 3.23. The SMILES string of the molecule is C[C@@H](Cc1c[nH]c2ccccc12)C(=O)N1CCC2(CC1)OCCO2. The molecule has 2 fully saturated rings. The summed E-state index contributed by atoms with van der Waals surface area (Å²) in [4.78, 5) is 18.1. The summed E-state index contributed by atoms with van der Waals surface area (Å²) in [6.45, 7) is 4.81. The lowest BCUT2D eigenvalue weighted by Crippen LogP contribution is -2.48. The number of ether oxygens (including phenoxy) is 2. The molecule has 2 aliphatic heterocycles. The number of nitrogens with one attached hydrogen (secondary N) is 1. The van der Waals surface area contributed by atoms with Gasteiger partial charge in [0, 0.05) is 48.9 Å². The van der Waals surface area contributed by atoms with Crippen molar-refractivity contribution in [3.05, 3.63) is 36.0 Å². The van der Waals surface area contributed by atoms with Crippen molar-refractivity contribution in [3.63, 3.8) is 0 Å². The van der Waals surface area contributed by atoms with Gasteiger partial charge in [0.25, 0.3) is 0 Å². The lowest BCUT2D eigenvalue weighted by molar-refractivity contribution is -0.188. The van der Waals surface area contributed by atoms with E-state index in [1.54, 1.807) is 0 Å². The summed E-state index contributed by atoms with van der Waals surface area (Å²) >= 11 is 0. The van der Waals surface area contributed by atoms with Crippen molar-refractivity contribution in [3.8, 4) is 0 Å². The standard InChI is InChI=1S/C19H24N2O3/c1-14(12-15-13-20-17-5-3-2-4-16(15)17)18(22)21-8-6-19(7-9-21)23-10-11-24-19/h2-5,13-14,20H,6-12H2,1H3/t14-/m0/s1. The number of rotatable bonds is 3. The van der Waals surface area contributed by atoms with Crippen molar-refractivity contribution < 1.29 is 14.3 Å². The van der Waals surface area contributed by atoms with E-state index < -0.39 is 5.79 Å². The van der Waals surface area contributed by atoms with Crippen LogP contribution in [0.1, 0.15) is 25.3 Å². The first-order valence-electron chi connectivity index (χ1n) is 8.79. The van der Waals surface area contributed by atoms with E-state index >= 15 is 0 Å². The van der Waals surface area contributed by atoms with E-state index in [1.807, 2.05) is 30.2 Å². The third-order valence-electron chi connectivity index (χ3n) is 5.27. The smallest absolute Gasteiger partial charge is 0.225 e. The predicted octanol–water partition coefficient (Wildman–Crippen LogP) is 2.71. The molecule has 2 aromatic rings. The average molecular weight is 328 g/mol. The molecule has 0 radical (unpaired) electrons. The quantitative estimate of drug-likeness (QED) is 0.942. The van der Waals surface area contributed by atoms with E-state index in [0.29, 0.717) is 13.2 Å². The maximum Gasteiger partial charge on any atom is 0.225 e. The first kappa shape index (κ1) is 15.7. The van der Waals surface area contributed by atoms with Gasteiger partial charge >= 0.3 is 0 Å². The molecule has 0 saturated carbocycles. The molecule has 0 unspecified atom stereocenters. The largest absolute Gasteiger partial charge is 0.361 e. The Hall–Kier alpha value is -1.85. The number of H-pyrrole nitrogens is 1. The molecule has 2 aliphatic rings. The number of hydrogen-bond donors (Lipinski definition) is 1. The molecule has 1 amide bonds. The molecule has 1 aromatic carbocycles. The van der Waals surface area contributed by atoms with Crippen LogP contribution in [0.5, 0.6) is 0 Å². The van der Waals surface area contributed by atoms with Gasteiger partial charge in [-0.2, -0.15) is 0 Å². The molecule has 1 atom stereocenters. The normalized spacial score (nSPS) is 21.5. The van der Waals surface area contributed by atoms with E-state index in [1.165, 1.54) is 10.9 Å². The zero-order chi connectivity index (χ0) is 16.6. The number of aromatic nitrogens is 1. The Labute approximate surface area is 141 Å². The summed E-state index contributed by atoms with van der Waals surface area (Å²) in [7, 11) is 0. The number of carbonyl (C=O) groups excluding carboxylic acids is 1. The van der Waals surface area contributed by atoms with Crippen LogP contribution in [0.15, 0.2) is 30.5 Å². The van der Waals surface area contributed by atoms with Crippen LogP contribution in [-0.4, -0.2) is 47.9 Å². The number of benzene rings is 1. The van der Waals surface area contributed by atoms with Crippen molar-refractivity contribution in [2.24, 2.45) is 5.92 Å². The van der Waals surface area contributed by atoms with Gasteiger partial charge in [-0.1, -0.05) is 25.1 Å². The van der Waals surface area contributed by atoms with Crippen molar-refractivity contribution in [2.45, 2.75) is 32.0 Å². The minimum atomic E-state index is -0.420. The van der Waals surface area contributed by atoms with Gasteiger partial charge in [-0.05, 0) is 18.1 Å². The van der Waals surface area contributed by atoms with Crippen LogP contribution in [0.2, 0.25) is 0 Å². The van der Waals surface area contributed by atoms with Crippen molar-refractivity contribution in [2.75, 3.05) is 26.3 Å². The maximum atomic E-state index is 12.8. The van der Waals surface area contributed by atoms with Gasteiger partial charge in [-0.3, -0.25) is 4.79 Å². The Morgan fingerprint density at radius 2 is 1.96 bits per heavy atom. The fraction of sp³-hybridized carbons (Fsp3) is 0.526. The molecule has 128 valence electrons. The Kier molecular flexibility index (Phi) is 4.06. The van der Waals surface area contributed by atoms with Crippen LogP contribution in [0.25, 0.3) is 10.9 Å². The fourth-order valence-corrected chi connectivity index (χ4v) is 3.88. The zero-order valence-corrected chi connectivity index (χ0v) is 14.1. The Bertz CT molecular complexity index is 723.